The maximum atomic E-state index is 13.3. The number of nitrogens with one attached hydrogen (secondary N) is 1. The van der Waals surface area contributed by atoms with Gasteiger partial charge in [-0.1, -0.05) is 18.6 Å². The molecule has 3 rings (SSSR count). The highest BCUT2D eigenvalue weighted by atomic mass is 19.1. The highest BCUT2D eigenvalue weighted by molar-refractivity contribution is 5.25. The van der Waals surface area contributed by atoms with Crippen LogP contribution in [0, 0.1) is 11.2 Å². The van der Waals surface area contributed by atoms with Crippen molar-refractivity contribution in [3.8, 4) is 0 Å². The fourth-order valence-electron chi connectivity index (χ4n) is 3.40. The highest BCUT2D eigenvalue weighted by Crippen LogP contribution is 2.54. The maximum absolute atomic E-state index is 13.3. The van der Waals surface area contributed by atoms with Crippen LogP contribution in [0.1, 0.15) is 37.2 Å². The van der Waals surface area contributed by atoms with Crippen molar-refractivity contribution < 1.29 is 4.39 Å². The second-order valence-electron chi connectivity index (χ2n) is 5.28. The van der Waals surface area contributed by atoms with Crippen molar-refractivity contribution in [3.05, 3.63) is 35.6 Å². The first-order valence-corrected chi connectivity index (χ1v) is 6.26. The van der Waals surface area contributed by atoms with Gasteiger partial charge >= 0.3 is 0 Å². The molecule has 1 aliphatic carbocycles. The van der Waals surface area contributed by atoms with E-state index in [2.05, 4.69) is 11.4 Å². The Bertz CT molecular complexity index is 384. The molecule has 1 spiro atoms. The molecule has 86 valence electrons. The van der Waals surface area contributed by atoms with E-state index in [0.29, 0.717) is 11.3 Å². The molecule has 1 nitrogen and oxygen atoms in total. The lowest BCUT2D eigenvalue weighted by atomic mass is 9.56. The minimum atomic E-state index is -0.0995. The van der Waals surface area contributed by atoms with E-state index in [1.807, 2.05) is 6.07 Å². The molecule has 1 unspecified atom stereocenters. The first-order chi connectivity index (χ1) is 7.80. The number of piperidine rings is 1. The second-order valence-corrected chi connectivity index (χ2v) is 5.28. The minimum absolute atomic E-state index is 0.0995. The van der Waals surface area contributed by atoms with Crippen LogP contribution in [-0.4, -0.2) is 13.1 Å². The number of hydrogen-bond acceptors (Lipinski definition) is 1. The van der Waals surface area contributed by atoms with Gasteiger partial charge in [0.1, 0.15) is 5.82 Å². The number of benzene rings is 1. The molecule has 0 bridgehead atoms. The van der Waals surface area contributed by atoms with Crippen molar-refractivity contribution >= 4 is 0 Å². The van der Waals surface area contributed by atoms with Gasteiger partial charge in [-0.15, -0.1) is 0 Å². The van der Waals surface area contributed by atoms with E-state index in [4.69, 9.17) is 0 Å². The summed E-state index contributed by atoms with van der Waals surface area (Å²) in [7, 11) is 0. The highest BCUT2D eigenvalue weighted by Gasteiger charge is 2.45. The third-order valence-corrected chi connectivity index (χ3v) is 4.49. The van der Waals surface area contributed by atoms with E-state index < -0.39 is 0 Å². The molecule has 1 aliphatic heterocycles. The van der Waals surface area contributed by atoms with Crippen molar-refractivity contribution in [1.29, 1.82) is 0 Å². The van der Waals surface area contributed by atoms with Crippen LogP contribution in [-0.2, 0) is 0 Å². The van der Waals surface area contributed by atoms with Gasteiger partial charge in [0, 0.05) is 12.5 Å². The van der Waals surface area contributed by atoms with Crippen LogP contribution in [0.5, 0.6) is 0 Å². The van der Waals surface area contributed by atoms with Gasteiger partial charge in [0.05, 0.1) is 0 Å². The average molecular weight is 219 g/mol. The first-order valence-electron chi connectivity index (χ1n) is 6.26. The average Bonchev–Trinajstić information content (AvgIpc) is 2.27. The Labute approximate surface area is 96.1 Å². The lowest BCUT2D eigenvalue weighted by Gasteiger charge is -2.51. The number of halogens is 1. The van der Waals surface area contributed by atoms with E-state index in [1.165, 1.54) is 37.3 Å². The Hall–Kier alpha value is -0.890. The fraction of sp³-hybridized carbons (Fsp3) is 0.571. The van der Waals surface area contributed by atoms with Crippen molar-refractivity contribution in [2.45, 2.75) is 31.6 Å². The van der Waals surface area contributed by atoms with Gasteiger partial charge in [0.15, 0.2) is 0 Å². The van der Waals surface area contributed by atoms with Crippen LogP contribution in [0.25, 0.3) is 0 Å². The van der Waals surface area contributed by atoms with Gasteiger partial charge in [-0.2, -0.15) is 0 Å². The SMILES string of the molecule is Fc1cccc(C2CNCCC23CCC3)c1. The summed E-state index contributed by atoms with van der Waals surface area (Å²) in [6.45, 7) is 2.15. The lowest BCUT2D eigenvalue weighted by molar-refractivity contribution is 0.0579. The molecule has 2 heteroatoms. The van der Waals surface area contributed by atoms with E-state index >= 15 is 0 Å². The summed E-state index contributed by atoms with van der Waals surface area (Å²) >= 11 is 0. The Morgan fingerprint density at radius 3 is 2.81 bits per heavy atom. The number of hydrogen-bond donors (Lipinski definition) is 1. The zero-order valence-electron chi connectivity index (χ0n) is 9.51. The summed E-state index contributed by atoms with van der Waals surface area (Å²) in [5.74, 6) is 0.420. The van der Waals surface area contributed by atoms with Crippen LogP contribution >= 0.6 is 0 Å². The summed E-state index contributed by atoms with van der Waals surface area (Å²) in [5.41, 5.74) is 1.67. The van der Waals surface area contributed by atoms with Crippen LogP contribution in [0.2, 0.25) is 0 Å². The molecule has 0 aromatic heterocycles. The van der Waals surface area contributed by atoms with Gasteiger partial charge in [-0.3, -0.25) is 0 Å². The molecule has 1 saturated carbocycles. The molecule has 0 amide bonds. The van der Waals surface area contributed by atoms with E-state index in [0.717, 1.165) is 13.1 Å². The van der Waals surface area contributed by atoms with Gasteiger partial charge < -0.3 is 5.32 Å². The lowest BCUT2D eigenvalue weighted by Crippen LogP contribution is -2.47. The van der Waals surface area contributed by atoms with Gasteiger partial charge in [0.2, 0.25) is 0 Å². The Morgan fingerprint density at radius 2 is 2.12 bits per heavy atom. The van der Waals surface area contributed by atoms with Crippen LogP contribution in [0.3, 0.4) is 0 Å². The predicted molar refractivity (Wildman–Crippen MR) is 62.9 cm³/mol. The largest absolute Gasteiger partial charge is 0.316 e. The van der Waals surface area contributed by atoms with Crippen molar-refractivity contribution in [2.24, 2.45) is 5.41 Å². The van der Waals surface area contributed by atoms with Crippen molar-refractivity contribution in [2.75, 3.05) is 13.1 Å². The Balaban J connectivity index is 1.92. The molecular formula is C14H18FN. The molecule has 2 aliphatic rings. The van der Waals surface area contributed by atoms with Crippen molar-refractivity contribution in [3.63, 3.8) is 0 Å². The summed E-state index contributed by atoms with van der Waals surface area (Å²) in [6.07, 6.45) is 5.27. The maximum Gasteiger partial charge on any atom is 0.123 e. The molecule has 1 heterocycles. The zero-order valence-corrected chi connectivity index (χ0v) is 9.51. The molecular weight excluding hydrogens is 201 g/mol. The monoisotopic (exact) mass is 219 g/mol. The summed E-state index contributed by atoms with van der Waals surface area (Å²) in [4.78, 5) is 0. The molecule has 1 atom stereocenters. The summed E-state index contributed by atoms with van der Waals surface area (Å²) < 4.78 is 13.3. The van der Waals surface area contributed by atoms with Gasteiger partial charge in [-0.25, -0.2) is 4.39 Å². The van der Waals surface area contributed by atoms with Gasteiger partial charge in [0.25, 0.3) is 0 Å². The number of rotatable bonds is 1. The predicted octanol–water partition coefficient (Wildman–Crippen LogP) is 3.07. The fourth-order valence-corrected chi connectivity index (χ4v) is 3.40. The topological polar surface area (TPSA) is 12.0 Å². The molecule has 1 aromatic rings. The quantitative estimate of drug-likeness (QED) is 0.765. The molecule has 1 N–H and O–H groups in total. The molecule has 1 saturated heterocycles. The van der Waals surface area contributed by atoms with E-state index in [9.17, 15) is 4.39 Å². The molecule has 0 radical (unpaired) electrons. The van der Waals surface area contributed by atoms with Crippen LogP contribution in [0.15, 0.2) is 24.3 Å². The third kappa shape index (κ3) is 1.56. The van der Waals surface area contributed by atoms with Crippen LogP contribution in [0.4, 0.5) is 4.39 Å². The van der Waals surface area contributed by atoms with E-state index in [-0.39, 0.29) is 5.82 Å². The standard InChI is InChI=1S/C14H18FN/c15-12-4-1-3-11(9-12)13-10-16-8-7-14(13)5-2-6-14/h1,3-4,9,13,16H,2,5-8,10H2. The molecule has 2 fully saturated rings. The Kier molecular flexibility index (Phi) is 2.47. The Morgan fingerprint density at radius 1 is 1.25 bits per heavy atom. The van der Waals surface area contributed by atoms with Crippen molar-refractivity contribution in [1.82, 2.24) is 5.32 Å². The second kappa shape index (κ2) is 3.85. The zero-order chi connectivity index (χ0) is 11.0. The summed E-state index contributed by atoms with van der Waals surface area (Å²) in [5, 5.41) is 3.45. The molecule has 1 aromatic carbocycles. The smallest absolute Gasteiger partial charge is 0.123 e. The van der Waals surface area contributed by atoms with E-state index in [1.54, 1.807) is 6.07 Å². The normalized spacial score (nSPS) is 27.7. The van der Waals surface area contributed by atoms with Crippen LogP contribution < -0.4 is 5.32 Å². The molecule has 16 heavy (non-hydrogen) atoms. The van der Waals surface area contributed by atoms with Gasteiger partial charge in [-0.05, 0) is 48.9 Å². The third-order valence-electron chi connectivity index (χ3n) is 4.49. The first kappa shape index (κ1) is 10.3. The minimum Gasteiger partial charge on any atom is -0.316 e. The summed E-state index contributed by atoms with van der Waals surface area (Å²) in [6, 6.07) is 7.18.